The Morgan fingerprint density at radius 3 is 2.92 bits per heavy atom. The molecule has 1 aromatic carbocycles. The highest BCUT2D eigenvalue weighted by molar-refractivity contribution is 7.89. The maximum atomic E-state index is 12.8. The molecule has 3 rings (SSSR count). The zero-order valence-electron chi connectivity index (χ0n) is 13.6. The molecular formula is C17H17N3O4S. The van der Waals surface area contributed by atoms with Crippen LogP contribution in [-0.4, -0.2) is 44.0 Å². The van der Waals surface area contributed by atoms with Gasteiger partial charge >= 0.3 is 0 Å². The number of nitriles is 1. The Morgan fingerprint density at radius 1 is 1.32 bits per heavy atom. The summed E-state index contributed by atoms with van der Waals surface area (Å²) < 4.78 is 37.7. The third-order valence-corrected chi connectivity index (χ3v) is 5.80. The smallest absolute Gasteiger partial charge is 0.243 e. The first-order valence-electron chi connectivity index (χ1n) is 7.70. The minimum atomic E-state index is -3.61. The lowest BCUT2D eigenvalue weighted by atomic mass is 10.3. The fourth-order valence-electron chi connectivity index (χ4n) is 2.64. The summed E-state index contributed by atoms with van der Waals surface area (Å²) in [5.74, 6) is 0.815. The number of hydrogen-bond donors (Lipinski definition) is 0. The Morgan fingerprint density at radius 2 is 2.16 bits per heavy atom. The van der Waals surface area contributed by atoms with Crippen LogP contribution in [0.5, 0.6) is 11.6 Å². The van der Waals surface area contributed by atoms with E-state index in [-0.39, 0.29) is 17.5 Å². The van der Waals surface area contributed by atoms with Crippen molar-refractivity contribution in [1.82, 2.24) is 9.29 Å². The molecule has 1 aliphatic rings. The largest absolute Gasteiger partial charge is 0.497 e. The standard InChI is InChI=1S/C17H17N3O4S/c1-23-14-3-2-4-16(10-14)25(21,22)20-8-6-15(12-20)24-17-9-13(11-18)5-7-19-17/h2-5,7,9-10,15H,6,8,12H2,1H3. The molecule has 0 spiro atoms. The van der Waals surface area contributed by atoms with Crippen LogP contribution >= 0.6 is 0 Å². The summed E-state index contributed by atoms with van der Waals surface area (Å²) in [7, 11) is -2.11. The monoisotopic (exact) mass is 359 g/mol. The van der Waals surface area contributed by atoms with Crippen LogP contribution < -0.4 is 9.47 Å². The van der Waals surface area contributed by atoms with Gasteiger partial charge in [0.15, 0.2) is 0 Å². The summed E-state index contributed by atoms with van der Waals surface area (Å²) >= 11 is 0. The summed E-state index contributed by atoms with van der Waals surface area (Å²) in [5, 5.41) is 8.91. The van der Waals surface area contributed by atoms with E-state index in [4.69, 9.17) is 14.7 Å². The number of ether oxygens (including phenoxy) is 2. The van der Waals surface area contributed by atoms with Gasteiger partial charge in [-0.05, 0) is 24.6 Å². The summed E-state index contributed by atoms with van der Waals surface area (Å²) in [4.78, 5) is 4.25. The van der Waals surface area contributed by atoms with E-state index in [2.05, 4.69) is 4.98 Å². The summed E-state index contributed by atoms with van der Waals surface area (Å²) in [6.45, 7) is 0.597. The van der Waals surface area contributed by atoms with E-state index in [0.717, 1.165) is 0 Å². The molecule has 2 aromatic rings. The highest BCUT2D eigenvalue weighted by Crippen LogP contribution is 2.25. The second kappa shape index (κ2) is 7.09. The molecule has 0 N–H and O–H groups in total. The fraction of sp³-hybridized carbons (Fsp3) is 0.294. The Hall–Kier alpha value is -2.63. The molecule has 2 heterocycles. The molecule has 1 aliphatic heterocycles. The lowest BCUT2D eigenvalue weighted by Gasteiger charge is -2.17. The van der Waals surface area contributed by atoms with Crippen molar-refractivity contribution >= 4 is 10.0 Å². The number of pyridine rings is 1. The van der Waals surface area contributed by atoms with E-state index in [1.807, 2.05) is 6.07 Å². The molecule has 1 fully saturated rings. The lowest BCUT2D eigenvalue weighted by Crippen LogP contribution is -2.31. The van der Waals surface area contributed by atoms with E-state index in [1.54, 1.807) is 30.3 Å². The molecule has 130 valence electrons. The lowest BCUT2D eigenvalue weighted by molar-refractivity contribution is 0.207. The van der Waals surface area contributed by atoms with Crippen molar-refractivity contribution in [2.45, 2.75) is 17.4 Å². The first-order chi connectivity index (χ1) is 12.0. The van der Waals surface area contributed by atoms with Crippen LogP contribution in [-0.2, 0) is 10.0 Å². The number of nitrogens with zero attached hydrogens (tertiary/aromatic N) is 3. The van der Waals surface area contributed by atoms with Crippen LogP contribution in [0, 0.1) is 11.3 Å². The van der Waals surface area contributed by atoms with Crippen molar-refractivity contribution in [3.05, 3.63) is 48.2 Å². The van der Waals surface area contributed by atoms with Crippen LogP contribution in [0.4, 0.5) is 0 Å². The van der Waals surface area contributed by atoms with Crippen LogP contribution in [0.2, 0.25) is 0 Å². The average molecular weight is 359 g/mol. The minimum absolute atomic E-state index is 0.192. The molecule has 25 heavy (non-hydrogen) atoms. The Bertz CT molecular complexity index is 908. The van der Waals surface area contributed by atoms with Gasteiger partial charge in [-0.25, -0.2) is 13.4 Å². The van der Waals surface area contributed by atoms with Crippen LogP contribution in [0.1, 0.15) is 12.0 Å². The van der Waals surface area contributed by atoms with Gasteiger partial charge in [0.25, 0.3) is 0 Å². The topological polar surface area (TPSA) is 92.5 Å². The highest BCUT2D eigenvalue weighted by atomic mass is 32.2. The zero-order valence-corrected chi connectivity index (χ0v) is 14.4. The first kappa shape index (κ1) is 17.2. The summed E-state index contributed by atoms with van der Waals surface area (Å²) in [5.41, 5.74) is 0.448. The molecule has 1 aromatic heterocycles. The molecule has 0 bridgehead atoms. The maximum Gasteiger partial charge on any atom is 0.243 e. The highest BCUT2D eigenvalue weighted by Gasteiger charge is 2.34. The van der Waals surface area contributed by atoms with Crippen LogP contribution in [0.25, 0.3) is 0 Å². The summed E-state index contributed by atoms with van der Waals surface area (Å²) in [6.07, 6.45) is 1.75. The third kappa shape index (κ3) is 3.73. The SMILES string of the molecule is COc1cccc(S(=O)(=O)N2CCC(Oc3cc(C#N)ccn3)C2)c1. The number of sulfonamides is 1. The van der Waals surface area contributed by atoms with Gasteiger partial charge in [-0.15, -0.1) is 0 Å². The molecule has 1 atom stereocenters. The Balaban J connectivity index is 1.72. The average Bonchev–Trinajstić information content (AvgIpc) is 3.11. The van der Waals surface area contributed by atoms with Gasteiger partial charge in [0.1, 0.15) is 11.9 Å². The molecule has 0 radical (unpaired) electrons. The second-order valence-electron chi connectivity index (χ2n) is 5.57. The number of hydrogen-bond acceptors (Lipinski definition) is 6. The van der Waals surface area contributed by atoms with Crippen molar-refractivity contribution in [1.29, 1.82) is 5.26 Å². The number of methoxy groups -OCH3 is 1. The zero-order chi connectivity index (χ0) is 17.9. The van der Waals surface area contributed by atoms with Crippen molar-refractivity contribution in [2.75, 3.05) is 20.2 Å². The second-order valence-corrected chi connectivity index (χ2v) is 7.50. The van der Waals surface area contributed by atoms with Gasteiger partial charge in [0.2, 0.25) is 15.9 Å². The van der Waals surface area contributed by atoms with Crippen LogP contribution in [0.3, 0.4) is 0 Å². The van der Waals surface area contributed by atoms with Gasteiger partial charge in [-0.3, -0.25) is 0 Å². The molecule has 8 heteroatoms. The molecule has 0 saturated carbocycles. The van der Waals surface area contributed by atoms with E-state index in [0.29, 0.717) is 30.2 Å². The van der Waals surface area contributed by atoms with E-state index < -0.39 is 10.0 Å². The maximum absolute atomic E-state index is 12.8. The van der Waals surface area contributed by atoms with Crippen molar-refractivity contribution < 1.29 is 17.9 Å². The van der Waals surface area contributed by atoms with E-state index >= 15 is 0 Å². The molecule has 7 nitrogen and oxygen atoms in total. The molecule has 1 saturated heterocycles. The Labute approximate surface area is 146 Å². The minimum Gasteiger partial charge on any atom is -0.497 e. The van der Waals surface area contributed by atoms with Crippen LogP contribution in [0.15, 0.2) is 47.5 Å². The van der Waals surface area contributed by atoms with E-state index in [1.165, 1.54) is 23.7 Å². The molecule has 1 unspecified atom stereocenters. The predicted octanol–water partition coefficient (Wildman–Crippen LogP) is 1.80. The number of rotatable bonds is 5. The van der Waals surface area contributed by atoms with Gasteiger partial charge in [-0.1, -0.05) is 6.07 Å². The van der Waals surface area contributed by atoms with Gasteiger partial charge in [0.05, 0.1) is 30.2 Å². The fourth-order valence-corrected chi connectivity index (χ4v) is 4.16. The van der Waals surface area contributed by atoms with Crippen molar-refractivity contribution in [2.24, 2.45) is 0 Å². The van der Waals surface area contributed by atoms with Gasteiger partial charge in [-0.2, -0.15) is 9.57 Å². The predicted molar refractivity (Wildman–Crippen MR) is 89.7 cm³/mol. The van der Waals surface area contributed by atoms with Crippen molar-refractivity contribution in [3.63, 3.8) is 0 Å². The molecule has 0 aliphatic carbocycles. The molecule has 0 amide bonds. The molecular weight excluding hydrogens is 342 g/mol. The normalized spacial score (nSPS) is 17.8. The van der Waals surface area contributed by atoms with E-state index in [9.17, 15) is 8.42 Å². The van der Waals surface area contributed by atoms with Crippen molar-refractivity contribution in [3.8, 4) is 17.7 Å². The van der Waals surface area contributed by atoms with Gasteiger partial charge < -0.3 is 9.47 Å². The quantitative estimate of drug-likeness (QED) is 0.808. The van der Waals surface area contributed by atoms with Gasteiger partial charge in [0, 0.05) is 24.9 Å². The number of benzene rings is 1. The Kier molecular flexibility index (Phi) is 4.88. The third-order valence-electron chi connectivity index (χ3n) is 3.94. The number of aromatic nitrogens is 1. The first-order valence-corrected chi connectivity index (χ1v) is 9.14. The summed E-state index contributed by atoms with van der Waals surface area (Å²) in [6, 6.07) is 11.5.